The summed E-state index contributed by atoms with van der Waals surface area (Å²) in [5.74, 6) is 1.81. The summed E-state index contributed by atoms with van der Waals surface area (Å²) in [6.07, 6.45) is 0. The largest absolute Gasteiger partial charge is 0.380 e. The summed E-state index contributed by atoms with van der Waals surface area (Å²) in [5, 5.41) is 10.2. The van der Waals surface area contributed by atoms with Crippen LogP contribution in [0.4, 0.5) is 5.69 Å². The quantitative estimate of drug-likeness (QED) is 0.469. The van der Waals surface area contributed by atoms with Crippen molar-refractivity contribution in [1.29, 1.82) is 0 Å². The number of rotatable bonds is 6. The van der Waals surface area contributed by atoms with Gasteiger partial charge in [0.25, 0.3) is 0 Å². The molecule has 0 radical (unpaired) electrons. The molecule has 7 heteroatoms. The third-order valence-corrected chi connectivity index (χ3v) is 3.79. The minimum absolute atomic E-state index is 0.354. The summed E-state index contributed by atoms with van der Waals surface area (Å²) < 4.78 is 5.20. The van der Waals surface area contributed by atoms with Crippen LogP contribution in [0.1, 0.15) is 17.0 Å². The van der Waals surface area contributed by atoms with Crippen LogP contribution >= 0.6 is 0 Å². The molecule has 0 saturated carbocycles. The molecule has 0 unspecified atom stereocenters. The van der Waals surface area contributed by atoms with Gasteiger partial charge in [-0.1, -0.05) is 36.4 Å². The fourth-order valence-corrected chi connectivity index (χ4v) is 2.56. The van der Waals surface area contributed by atoms with Gasteiger partial charge < -0.3 is 15.8 Å². The van der Waals surface area contributed by atoms with E-state index in [2.05, 4.69) is 25.5 Å². The summed E-state index contributed by atoms with van der Waals surface area (Å²) in [5.41, 5.74) is 9.92. The Labute approximate surface area is 152 Å². The number of aromatic nitrogens is 3. The van der Waals surface area contributed by atoms with Gasteiger partial charge in [0.05, 0.1) is 13.2 Å². The fourth-order valence-electron chi connectivity index (χ4n) is 2.56. The van der Waals surface area contributed by atoms with E-state index in [1.165, 1.54) is 0 Å². The standard InChI is InChI=1S/C19H22N6O/c1-13-22-18(25-24-13)15-8-5-6-14(10-15)11-21-19(20)23-17-9-4-3-7-16(17)12-26-2/h3-10H,11-12H2,1-2H3,(H3,20,21,23)(H,22,24,25). The van der Waals surface area contributed by atoms with Crippen LogP contribution in [0.5, 0.6) is 0 Å². The summed E-state index contributed by atoms with van der Waals surface area (Å²) >= 11 is 0. The molecule has 0 spiro atoms. The van der Waals surface area contributed by atoms with Gasteiger partial charge in [-0.2, -0.15) is 5.10 Å². The van der Waals surface area contributed by atoms with Gasteiger partial charge in [0.2, 0.25) is 0 Å². The molecule has 1 aromatic heterocycles. The van der Waals surface area contributed by atoms with Gasteiger partial charge in [-0.05, 0) is 24.6 Å². The van der Waals surface area contributed by atoms with Crippen molar-refractivity contribution < 1.29 is 4.74 Å². The van der Waals surface area contributed by atoms with Crippen LogP contribution in [0, 0.1) is 6.92 Å². The Bertz CT molecular complexity index is 902. The van der Waals surface area contributed by atoms with E-state index in [0.29, 0.717) is 24.9 Å². The van der Waals surface area contributed by atoms with Gasteiger partial charge in [0, 0.05) is 23.9 Å². The van der Waals surface area contributed by atoms with E-state index in [4.69, 9.17) is 10.5 Å². The monoisotopic (exact) mass is 350 g/mol. The van der Waals surface area contributed by atoms with Gasteiger partial charge >= 0.3 is 0 Å². The lowest BCUT2D eigenvalue weighted by Gasteiger charge is -2.11. The maximum Gasteiger partial charge on any atom is 0.193 e. The third-order valence-electron chi connectivity index (χ3n) is 3.79. The van der Waals surface area contributed by atoms with E-state index in [1.807, 2.05) is 55.5 Å². The Morgan fingerprint density at radius 1 is 1.23 bits per heavy atom. The molecule has 3 rings (SSSR count). The normalized spacial score (nSPS) is 11.5. The molecule has 134 valence electrons. The van der Waals surface area contributed by atoms with E-state index < -0.39 is 0 Å². The number of aryl methyl sites for hydroxylation is 1. The number of methoxy groups -OCH3 is 1. The third kappa shape index (κ3) is 4.46. The average Bonchev–Trinajstić information content (AvgIpc) is 3.09. The first kappa shape index (κ1) is 17.6. The second kappa shape index (κ2) is 8.26. The van der Waals surface area contributed by atoms with E-state index in [9.17, 15) is 0 Å². The zero-order valence-electron chi connectivity index (χ0n) is 14.9. The molecule has 0 saturated heterocycles. The van der Waals surface area contributed by atoms with Crippen LogP contribution in [0.2, 0.25) is 0 Å². The number of aromatic amines is 1. The summed E-state index contributed by atoms with van der Waals surface area (Å²) in [6.45, 7) is 2.84. The predicted molar refractivity (Wildman–Crippen MR) is 103 cm³/mol. The molecule has 3 aromatic rings. The van der Waals surface area contributed by atoms with Crippen molar-refractivity contribution in [2.24, 2.45) is 10.7 Å². The molecule has 7 nitrogen and oxygen atoms in total. The summed E-state index contributed by atoms with van der Waals surface area (Å²) in [4.78, 5) is 8.77. The zero-order chi connectivity index (χ0) is 18.4. The van der Waals surface area contributed by atoms with Gasteiger partial charge in [0.1, 0.15) is 5.82 Å². The van der Waals surface area contributed by atoms with Crippen LogP contribution in [0.15, 0.2) is 53.5 Å². The maximum absolute atomic E-state index is 6.04. The Morgan fingerprint density at radius 2 is 2.08 bits per heavy atom. The first-order chi connectivity index (χ1) is 12.7. The van der Waals surface area contributed by atoms with E-state index >= 15 is 0 Å². The molecule has 0 aliphatic rings. The number of H-pyrrole nitrogens is 1. The number of aliphatic imine (C=N–C) groups is 1. The minimum Gasteiger partial charge on any atom is -0.380 e. The number of nitrogens with two attached hydrogens (primary N) is 1. The molecule has 26 heavy (non-hydrogen) atoms. The van der Waals surface area contributed by atoms with Crippen LogP contribution in [0.3, 0.4) is 0 Å². The van der Waals surface area contributed by atoms with Crippen LogP contribution in [0.25, 0.3) is 11.4 Å². The first-order valence-electron chi connectivity index (χ1n) is 8.28. The Balaban J connectivity index is 1.70. The molecule has 1 heterocycles. The Morgan fingerprint density at radius 3 is 2.85 bits per heavy atom. The highest BCUT2D eigenvalue weighted by molar-refractivity contribution is 5.92. The lowest BCUT2D eigenvalue weighted by Crippen LogP contribution is -2.23. The fraction of sp³-hybridized carbons (Fsp3) is 0.211. The molecule has 4 N–H and O–H groups in total. The lowest BCUT2D eigenvalue weighted by atomic mass is 10.1. The Hall–Kier alpha value is -3.19. The van der Waals surface area contributed by atoms with Crippen molar-refractivity contribution in [3.05, 3.63) is 65.5 Å². The molecule has 2 aromatic carbocycles. The number of benzene rings is 2. The predicted octanol–water partition coefficient (Wildman–Crippen LogP) is 2.85. The van der Waals surface area contributed by atoms with Crippen molar-refractivity contribution in [3.63, 3.8) is 0 Å². The second-order valence-electron chi connectivity index (χ2n) is 5.86. The highest BCUT2D eigenvalue weighted by Crippen LogP contribution is 2.18. The van der Waals surface area contributed by atoms with E-state index in [-0.39, 0.29) is 0 Å². The van der Waals surface area contributed by atoms with Crippen LogP contribution < -0.4 is 11.1 Å². The van der Waals surface area contributed by atoms with E-state index in [0.717, 1.165) is 28.2 Å². The number of hydrogen-bond donors (Lipinski definition) is 3. The zero-order valence-corrected chi connectivity index (χ0v) is 14.9. The molecule has 0 fully saturated rings. The number of nitrogens with one attached hydrogen (secondary N) is 2. The van der Waals surface area contributed by atoms with Crippen LogP contribution in [-0.4, -0.2) is 28.3 Å². The van der Waals surface area contributed by atoms with Gasteiger partial charge in [0.15, 0.2) is 11.8 Å². The van der Waals surface area contributed by atoms with Crippen LogP contribution in [-0.2, 0) is 17.9 Å². The topological polar surface area (TPSA) is 101 Å². The molecule has 0 atom stereocenters. The molecule has 0 amide bonds. The van der Waals surface area contributed by atoms with Crippen molar-refractivity contribution in [3.8, 4) is 11.4 Å². The summed E-state index contributed by atoms with van der Waals surface area (Å²) in [7, 11) is 1.66. The molecule has 0 bridgehead atoms. The van der Waals surface area contributed by atoms with Gasteiger partial charge in [-0.15, -0.1) is 0 Å². The highest BCUT2D eigenvalue weighted by Gasteiger charge is 2.05. The molecule has 0 aliphatic carbocycles. The number of ether oxygens (including phenoxy) is 1. The summed E-state index contributed by atoms with van der Waals surface area (Å²) in [6, 6.07) is 15.8. The SMILES string of the molecule is COCc1ccccc1NC(N)=NCc1cccc(-c2n[nH]c(C)n2)c1. The van der Waals surface area contributed by atoms with E-state index in [1.54, 1.807) is 7.11 Å². The molecular formula is C19H22N6O. The number of hydrogen-bond acceptors (Lipinski definition) is 4. The number of para-hydroxylation sites is 1. The smallest absolute Gasteiger partial charge is 0.193 e. The van der Waals surface area contributed by atoms with Gasteiger partial charge in [-0.25, -0.2) is 9.98 Å². The number of guanidine groups is 1. The minimum atomic E-state index is 0.354. The molecular weight excluding hydrogens is 328 g/mol. The van der Waals surface area contributed by atoms with Crippen molar-refractivity contribution in [2.75, 3.05) is 12.4 Å². The molecule has 0 aliphatic heterocycles. The first-order valence-corrected chi connectivity index (χ1v) is 8.28. The highest BCUT2D eigenvalue weighted by atomic mass is 16.5. The maximum atomic E-state index is 6.04. The lowest BCUT2D eigenvalue weighted by molar-refractivity contribution is 0.185. The second-order valence-corrected chi connectivity index (χ2v) is 5.86. The average molecular weight is 350 g/mol. The van der Waals surface area contributed by atoms with Crippen molar-refractivity contribution in [2.45, 2.75) is 20.1 Å². The Kier molecular flexibility index (Phi) is 5.60. The number of nitrogens with zero attached hydrogens (tertiary/aromatic N) is 3. The van der Waals surface area contributed by atoms with Crippen molar-refractivity contribution in [1.82, 2.24) is 15.2 Å². The van der Waals surface area contributed by atoms with Gasteiger partial charge in [-0.3, -0.25) is 5.10 Å². The van der Waals surface area contributed by atoms with Crippen molar-refractivity contribution >= 4 is 11.6 Å². The number of anilines is 1.